The van der Waals surface area contributed by atoms with Gasteiger partial charge in [-0.2, -0.15) is 5.10 Å². The van der Waals surface area contributed by atoms with Crippen LogP contribution in [-0.2, 0) is 6.61 Å². The highest BCUT2D eigenvalue weighted by molar-refractivity contribution is 5.95. The number of hydrogen-bond acceptors (Lipinski definition) is 6. The number of rotatable bonds is 9. The third-order valence-corrected chi connectivity index (χ3v) is 4.47. The molecule has 0 heterocycles. The van der Waals surface area contributed by atoms with E-state index in [0.717, 1.165) is 5.56 Å². The lowest BCUT2D eigenvalue weighted by Gasteiger charge is -2.11. The Morgan fingerprint density at radius 2 is 1.72 bits per heavy atom. The third kappa shape index (κ3) is 5.85. The van der Waals surface area contributed by atoms with E-state index in [1.165, 1.54) is 26.5 Å². The molecule has 32 heavy (non-hydrogen) atoms. The lowest BCUT2D eigenvalue weighted by atomic mass is 10.1. The van der Waals surface area contributed by atoms with Crippen molar-refractivity contribution in [2.24, 2.45) is 5.10 Å². The molecule has 1 amide bonds. The van der Waals surface area contributed by atoms with E-state index in [1.54, 1.807) is 60.7 Å². The van der Waals surface area contributed by atoms with Gasteiger partial charge < -0.3 is 19.3 Å². The summed E-state index contributed by atoms with van der Waals surface area (Å²) in [5, 5.41) is 13.1. The fourth-order valence-electron chi connectivity index (χ4n) is 2.83. The number of nitrogens with zero attached hydrogens (tertiary/aromatic N) is 1. The summed E-state index contributed by atoms with van der Waals surface area (Å²) in [6, 6.07) is 18.5. The first-order valence-corrected chi connectivity index (χ1v) is 9.60. The summed E-state index contributed by atoms with van der Waals surface area (Å²) in [6.45, 7) is 0.182. The SMILES string of the molecule is COc1cccc(C(=O)N/N=C\c2ccc(OCc3cccc(C(=O)O)c3)c(OC)c2)c1. The largest absolute Gasteiger partial charge is 0.497 e. The van der Waals surface area contributed by atoms with E-state index in [4.69, 9.17) is 19.3 Å². The quantitative estimate of drug-likeness (QED) is 0.393. The van der Waals surface area contributed by atoms with Gasteiger partial charge in [0.2, 0.25) is 0 Å². The maximum absolute atomic E-state index is 12.2. The molecule has 0 radical (unpaired) electrons. The van der Waals surface area contributed by atoms with Crippen LogP contribution >= 0.6 is 0 Å². The minimum Gasteiger partial charge on any atom is -0.497 e. The Balaban J connectivity index is 1.63. The molecule has 0 saturated heterocycles. The Kier molecular flexibility index (Phi) is 7.42. The van der Waals surface area contributed by atoms with Crippen molar-refractivity contribution >= 4 is 18.1 Å². The Hall–Kier alpha value is -4.33. The lowest BCUT2D eigenvalue weighted by Crippen LogP contribution is -2.17. The molecule has 8 heteroatoms. The third-order valence-electron chi connectivity index (χ3n) is 4.47. The van der Waals surface area contributed by atoms with E-state index in [0.29, 0.717) is 28.4 Å². The lowest BCUT2D eigenvalue weighted by molar-refractivity contribution is 0.0696. The normalized spacial score (nSPS) is 10.6. The standard InChI is InChI=1S/C24H22N2O6/c1-30-20-8-4-6-18(13-20)23(27)26-25-14-16-9-10-21(22(12-16)31-2)32-15-17-5-3-7-19(11-17)24(28)29/h3-14H,15H2,1-2H3,(H,26,27)(H,28,29)/b25-14-. The Bertz CT molecular complexity index is 1140. The number of carboxylic acid groups (broad SMARTS) is 1. The zero-order valence-corrected chi connectivity index (χ0v) is 17.6. The van der Waals surface area contributed by atoms with Gasteiger partial charge in [-0.25, -0.2) is 10.2 Å². The van der Waals surface area contributed by atoms with Crippen LogP contribution in [0.1, 0.15) is 31.8 Å². The van der Waals surface area contributed by atoms with Crippen LogP contribution in [0.2, 0.25) is 0 Å². The zero-order valence-electron chi connectivity index (χ0n) is 17.6. The first-order chi connectivity index (χ1) is 15.5. The predicted octanol–water partition coefficient (Wildman–Crippen LogP) is 3.74. The molecule has 0 spiro atoms. The minimum atomic E-state index is -0.994. The fourth-order valence-corrected chi connectivity index (χ4v) is 2.83. The van der Waals surface area contributed by atoms with Gasteiger partial charge in [-0.15, -0.1) is 0 Å². The number of carboxylic acids is 1. The summed E-state index contributed by atoms with van der Waals surface area (Å²) in [4.78, 5) is 23.3. The number of carbonyl (C=O) groups excluding carboxylic acids is 1. The molecule has 0 unspecified atom stereocenters. The van der Waals surface area contributed by atoms with Gasteiger partial charge in [0.05, 0.1) is 26.0 Å². The van der Waals surface area contributed by atoms with Crippen LogP contribution in [0.15, 0.2) is 71.8 Å². The second-order valence-corrected chi connectivity index (χ2v) is 6.64. The van der Waals surface area contributed by atoms with E-state index >= 15 is 0 Å². The number of ether oxygens (including phenoxy) is 3. The Labute approximate surface area is 185 Å². The molecule has 0 aliphatic heterocycles. The van der Waals surface area contributed by atoms with Crippen molar-refractivity contribution in [2.45, 2.75) is 6.61 Å². The monoisotopic (exact) mass is 434 g/mol. The van der Waals surface area contributed by atoms with Crippen LogP contribution in [0, 0.1) is 0 Å². The molecule has 0 fully saturated rings. The van der Waals surface area contributed by atoms with Gasteiger partial charge in [0, 0.05) is 5.56 Å². The van der Waals surface area contributed by atoms with E-state index in [-0.39, 0.29) is 18.1 Å². The van der Waals surface area contributed by atoms with Crippen LogP contribution in [0.5, 0.6) is 17.2 Å². The topological polar surface area (TPSA) is 106 Å². The van der Waals surface area contributed by atoms with Crippen LogP contribution in [0.4, 0.5) is 0 Å². The second kappa shape index (κ2) is 10.6. The van der Waals surface area contributed by atoms with Crippen molar-refractivity contribution in [3.63, 3.8) is 0 Å². The number of carbonyl (C=O) groups is 2. The number of hydrazone groups is 1. The summed E-state index contributed by atoms with van der Waals surface area (Å²) in [6.07, 6.45) is 1.49. The van der Waals surface area contributed by atoms with Crippen molar-refractivity contribution in [3.05, 3.63) is 89.0 Å². The van der Waals surface area contributed by atoms with E-state index < -0.39 is 5.97 Å². The summed E-state index contributed by atoms with van der Waals surface area (Å²) >= 11 is 0. The molecule has 8 nitrogen and oxygen atoms in total. The van der Waals surface area contributed by atoms with Crippen molar-refractivity contribution in [1.82, 2.24) is 5.43 Å². The van der Waals surface area contributed by atoms with Gasteiger partial charge in [-0.1, -0.05) is 18.2 Å². The smallest absolute Gasteiger partial charge is 0.335 e. The van der Waals surface area contributed by atoms with E-state index in [1.807, 2.05) is 0 Å². The maximum Gasteiger partial charge on any atom is 0.335 e. The van der Waals surface area contributed by atoms with Crippen LogP contribution in [0.3, 0.4) is 0 Å². The molecule has 0 aliphatic rings. The van der Waals surface area contributed by atoms with E-state index in [2.05, 4.69) is 10.5 Å². The molecule has 0 aliphatic carbocycles. The fraction of sp³-hybridized carbons (Fsp3) is 0.125. The van der Waals surface area contributed by atoms with Crippen molar-refractivity contribution in [2.75, 3.05) is 14.2 Å². The summed E-state index contributed by atoms with van der Waals surface area (Å²) in [7, 11) is 3.04. The van der Waals surface area contributed by atoms with Crippen molar-refractivity contribution < 1.29 is 28.9 Å². The van der Waals surface area contributed by atoms with Crippen LogP contribution in [-0.4, -0.2) is 37.4 Å². The molecule has 3 aromatic rings. The first kappa shape index (κ1) is 22.4. The van der Waals surface area contributed by atoms with Gasteiger partial charge >= 0.3 is 5.97 Å². The zero-order chi connectivity index (χ0) is 22.9. The minimum absolute atomic E-state index is 0.182. The summed E-state index contributed by atoms with van der Waals surface area (Å²) in [5.74, 6) is 0.187. The molecule has 0 saturated carbocycles. The predicted molar refractivity (Wildman–Crippen MR) is 119 cm³/mol. The van der Waals surface area contributed by atoms with Crippen molar-refractivity contribution in [1.29, 1.82) is 0 Å². The van der Waals surface area contributed by atoms with Gasteiger partial charge in [0.25, 0.3) is 5.91 Å². The Morgan fingerprint density at radius 1 is 0.938 bits per heavy atom. The van der Waals surface area contributed by atoms with E-state index in [9.17, 15) is 9.59 Å². The number of hydrogen-bond donors (Lipinski definition) is 2. The van der Waals surface area contributed by atoms with Crippen molar-refractivity contribution in [3.8, 4) is 17.2 Å². The van der Waals surface area contributed by atoms with Gasteiger partial charge in [-0.3, -0.25) is 4.79 Å². The number of nitrogens with one attached hydrogen (secondary N) is 1. The molecule has 2 N–H and O–H groups in total. The summed E-state index contributed by atoms with van der Waals surface area (Å²) < 4.78 is 16.3. The number of aromatic carboxylic acids is 1. The number of methoxy groups -OCH3 is 2. The number of amides is 1. The first-order valence-electron chi connectivity index (χ1n) is 9.60. The van der Waals surface area contributed by atoms with Crippen LogP contribution < -0.4 is 19.6 Å². The average Bonchev–Trinajstić information content (AvgIpc) is 2.83. The van der Waals surface area contributed by atoms with Gasteiger partial charge in [0.15, 0.2) is 11.5 Å². The van der Waals surface area contributed by atoms with Gasteiger partial charge in [-0.05, 0) is 59.7 Å². The molecular weight excluding hydrogens is 412 g/mol. The molecule has 0 bridgehead atoms. The molecular formula is C24H22N2O6. The Morgan fingerprint density at radius 3 is 2.47 bits per heavy atom. The highest BCUT2D eigenvalue weighted by atomic mass is 16.5. The molecule has 3 aromatic carbocycles. The molecule has 0 aromatic heterocycles. The average molecular weight is 434 g/mol. The molecule has 0 atom stereocenters. The van der Waals surface area contributed by atoms with Gasteiger partial charge in [0.1, 0.15) is 12.4 Å². The molecule has 164 valence electrons. The maximum atomic E-state index is 12.2. The summed E-state index contributed by atoms with van der Waals surface area (Å²) in [5.41, 5.74) is 4.50. The highest BCUT2D eigenvalue weighted by Gasteiger charge is 2.08. The van der Waals surface area contributed by atoms with Crippen LogP contribution in [0.25, 0.3) is 0 Å². The highest BCUT2D eigenvalue weighted by Crippen LogP contribution is 2.28. The second-order valence-electron chi connectivity index (χ2n) is 6.64. The molecule has 3 rings (SSSR count). The number of benzene rings is 3.